The number of nitro groups is 1. The summed E-state index contributed by atoms with van der Waals surface area (Å²) in [6.45, 7) is 0.757. The normalized spacial score (nSPS) is 11.7. The monoisotopic (exact) mass is 285 g/mol. The highest BCUT2D eigenvalue weighted by atomic mass is 32.2. The van der Waals surface area contributed by atoms with E-state index in [0.717, 1.165) is 12.3 Å². The van der Waals surface area contributed by atoms with Crippen molar-refractivity contribution in [2.75, 3.05) is 24.7 Å². The van der Waals surface area contributed by atoms with E-state index in [-0.39, 0.29) is 16.3 Å². The maximum absolute atomic E-state index is 11.4. The van der Waals surface area contributed by atoms with E-state index in [2.05, 4.69) is 5.32 Å². The van der Waals surface area contributed by atoms with Crippen LogP contribution >= 0.6 is 0 Å². The number of nitrogens with two attached hydrogens (primary N) is 1. The van der Waals surface area contributed by atoms with E-state index >= 15 is 0 Å². The first-order valence-corrected chi connectivity index (χ1v) is 7.33. The molecule has 0 saturated carbocycles. The van der Waals surface area contributed by atoms with Crippen LogP contribution in [0.2, 0.25) is 0 Å². The van der Waals surface area contributed by atoms with Crippen LogP contribution < -0.4 is 11.1 Å². The Hall–Kier alpha value is -1.93. The molecule has 0 amide bonds. The molecule has 0 aliphatic rings. The lowest BCUT2D eigenvalue weighted by Crippen LogP contribution is -2.05. The number of nitro benzene ring substituents is 1. The van der Waals surface area contributed by atoms with Crippen molar-refractivity contribution in [2.24, 2.45) is 5.73 Å². The molecule has 19 heavy (non-hydrogen) atoms. The third-order valence-corrected chi connectivity index (χ3v) is 3.42. The zero-order valence-corrected chi connectivity index (χ0v) is 11.2. The molecule has 0 unspecified atom stereocenters. The molecular weight excluding hydrogens is 270 g/mol. The van der Waals surface area contributed by atoms with Crippen molar-refractivity contribution in [3.05, 3.63) is 40.5 Å². The minimum atomic E-state index is -3.47. The van der Waals surface area contributed by atoms with E-state index in [9.17, 15) is 18.5 Å². The lowest BCUT2D eigenvalue weighted by molar-refractivity contribution is -0.384. The van der Waals surface area contributed by atoms with Crippen LogP contribution in [0.5, 0.6) is 0 Å². The molecule has 0 bridgehead atoms. The summed E-state index contributed by atoms with van der Waals surface area (Å²) in [5, 5.41) is 13.8. The second-order valence-corrected chi connectivity index (χ2v) is 5.81. The van der Waals surface area contributed by atoms with Gasteiger partial charge in [0.25, 0.3) is 5.69 Å². The Balaban J connectivity index is 3.06. The van der Waals surface area contributed by atoms with E-state index < -0.39 is 14.8 Å². The molecular formula is C11H15N3O4S. The van der Waals surface area contributed by atoms with Gasteiger partial charge in [-0.25, -0.2) is 8.42 Å². The number of hydrogen-bond acceptors (Lipinski definition) is 6. The Labute approximate surface area is 111 Å². The van der Waals surface area contributed by atoms with Gasteiger partial charge < -0.3 is 11.1 Å². The number of hydrogen-bond donors (Lipinski definition) is 2. The maximum Gasteiger partial charge on any atom is 0.293 e. The number of nitrogens with zero attached hydrogens (tertiary/aromatic N) is 1. The largest absolute Gasteiger partial charge is 0.376 e. The van der Waals surface area contributed by atoms with E-state index in [1.165, 1.54) is 12.1 Å². The fraction of sp³-hybridized carbons (Fsp3) is 0.273. The Kier molecular flexibility index (Phi) is 5.02. The first-order chi connectivity index (χ1) is 8.86. The molecule has 104 valence electrons. The van der Waals surface area contributed by atoms with Crippen LogP contribution in [0.25, 0.3) is 0 Å². The van der Waals surface area contributed by atoms with Crippen LogP contribution in [-0.4, -0.2) is 32.7 Å². The lowest BCUT2D eigenvalue weighted by atomic mass is 10.2. The highest BCUT2D eigenvalue weighted by Gasteiger charge is 2.18. The predicted octanol–water partition coefficient (Wildman–Crippen LogP) is 0.925. The predicted molar refractivity (Wildman–Crippen MR) is 72.9 cm³/mol. The molecule has 0 aliphatic heterocycles. The topological polar surface area (TPSA) is 115 Å². The molecule has 0 heterocycles. The molecule has 1 aromatic carbocycles. The maximum atomic E-state index is 11.4. The van der Waals surface area contributed by atoms with Crippen LogP contribution in [0.15, 0.2) is 35.2 Å². The van der Waals surface area contributed by atoms with Gasteiger partial charge in [-0.3, -0.25) is 10.1 Å². The third-order valence-electron chi connectivity index (χ3n) is 2.31. The van der Waals surface area contributed by atoms with Gasteiger partial charge in [0.1, 0.15) is 5.69 Å². The van der Waals surface area contributed by atoms with Crippen molar-refractivity contribution in [2.45, 2.75) is 4.90 Å². The molecule has 0 fully saturated rings. The quantitative estimate of drug-likeness (QED) is 0.456. The van der Waals surface area contributed by atoms with Crippen LogP contribution in [0.4, 0.5) is 11.4 Å². The van der Waals surface area contributed by atoms with Crippen molar-refractivity contribution in [1.82, 2.24) is 0 Å². The van der Waals surface area contributed by atoms with E-state index in [0.29, 0.717) is 13.1 Å². The van der Waals surface area contributed by atoms with Gasteiger partial charge in [0.15, 0.2) is 9.84 Å². The molecule has 0 saturated heterocycles. The molecule has 0 atom stereocenters. The molecule has 1 aromatic rings. The van der Waals surface area contributed by atoms with Gasteiger partial charge in [-0.2, -0.15) is 0 Å². The minimum absolute atomic E-state index is 0.0812. The zero-order valence-electron chi connectivity index (χ0n) is 10.4. The summed E-state index contributed by atoms with van der Waals surface area (Å²) in [6.07, 6.45) is 4.45. The van der Waals surface area contributed by atoms with Gasteiger partial charge in [-0.15, -0.1) is 0 Å². The second kappa shape index (κ2) is 6.30. The Morgan fingerprint density at radius 1 is 1.42 bits per heavy atom. The van der Waals surface area contributed by atoms with Crippen LogP contribution in [0.3, 0.4) is 0 Å². The van der Waals surface area contributed by atoms with Crippen molar-refractivity contribution < 1.29 is 13.3 Å². The molecule has 1 rings (SSSR count). The third kappa shape index (κ3) is 4.34. The summed E-state index contributed by atoms with van der Waals surface area (Å²) in [5.41, 5.74) is 5.25. The summed E-state index contributed by atoms with van der Waals surface area (Å²) < 4.78 is 22.7. The van der Waals surface area contributed by atoms with Gasteiger partial charge in [-0.1, -0.05) is 12.2 Å². The first-order valence-electron chi connectivity index (χ1n) is 5.43. The molecule has 0 spiro atoms. The number of nitrogens with one attached hydrogen (secondary N) is 1. The molecule has 7 nitrogen and oxygen atoms in total. The van der Waals surface area contributed by atoms with Crippen LogP contribution in [0.1, 0.15) is 0 Å². The Morgan fingerprint density at radius 2 is 2.11 bits per heavy atom. The van der Waals surface area contributed by atoms with Crippen molar-refractivity contribution in [3.63, 3.8) is 0 Å². The summed E-state index contributed by atoms with van der Waals surface area (Å²) in [4.78, 5) is 10.2. The number of rotatable bonds is 6. The van der Waals surface area contributed by atoms with E-state index in [1.54, 1.807) is 12.2 Å². The first kappa shape index (κ1) is 15.1. The average Bonchev–Trinajstić information content (AvgIpc) is 2.33. The van der Waals surface area contributed by atoms with Crippen molar-refractivity contribution in [3.8, 4) is 0 Å². The summed E-state index contributed by atoms with van der Waals surface area (Å²) in [7, 11) is -3.47. The standard InChI is InChI=1S/C11H15N3O4S/c1-19(17,18)9-4-5-10(11(8-9)14(15)16)13-7-3-2-6-12/h2-5,8,13H,6-7,12H2,1H3/b3-2+. The van der Waals surface area contributed by atoms with Crippen molar-refractivity contribution >= 4 is 21.2 Å². The summed E-state index contributed by atoms with van der Waals surface area (Å²) in [5.74, 6) is 0. The molecule has 0 aliphatic carbocycles. The van der Waals surface area contributed by atoms with Crippen molar-refractivity contribution in [1.29, 1.82) is 0 Å². The number of benzene rings is 1. The number of sulfone groups is 1. The van der Waals surface area contributed by atoms with Gasteiger partial charge in [0.2, 0.25) is 0 Å². The fourth-order valence-electron chi connectivity index (χ4n) is 1.39. The minimum Gasteiger partial charge on any atom is -0.376 e. The Bertz CT molecular complexity index is 596. The molecule has 3 N–H and O–H groups in total. The Morgan fingerprint density at radius 3 is 2.63 bits per heavy atom. The van der Waals surface area contributed by atoms with Gasteiger partial charge in [0, 0.05) is 25.4 Å². The SMILES string of the molecule is CS(=O)(=O)c1ccc(NC/C=C/CN)c([N+](=O)[O-])c1. The average molecular weight is 285 g/mol. The molecule has 8 heteroatoms. The van der Waals surface area contributed by atoms with Crippen LogP contribution in [-0.2, 0) is 9.84 Å². The second-order valence-electron chi connectivity index (χ2n) is 3.80. The highest BCUT2D eigenvalue weighted by Crippen LogP contribution is 2.27. The summed E-state index contributed by atoms with van der Waals surface area (Å²) >= 11 is 0. The smallest absolute Gasteiger partial charge is 0.293 e. The van der Waals surface area contributed by atoms with E-state index in [1.807, 2.05) is 0 Å². The molecule has 0 radical (unpaired) electrons. The zero-order chi connectivity index (χ0) is 14.5. The summed E-state index contributed by atoms with van der Waals surface area (Å²) in [6, 6.07) is 3.76. The van der Waals surface area contributed by atoms with E-state index in [4.69, 9.17) is 5.73 Å². The van der Waals surface area contributed by atoms with Gasteiger partial charge >= 0.3 is 0 Å². The number of anilines is 1. The molecule has 0 aromatic heterocycles. The van der Waals surface area contributed by atoms with Gasteiger partial charge in [0.05, 0.1) is 9.82 Å². The van der Waals surface area contributed by atoms with Gasteiger partial charge in [-0.05, 0) is 12.1 Å². The fourth-order valence-corrected chi connectivity index (χ4v) is 2.03. The van der Waals surface area contributed by atoms with Crippen LogP contribution in [0, 0.1) is 10.1 Å². The highest BCUT2D eigenvalue weighted by molar-refractivity contribution is 7.90. The lowest BCUT2D eigenvalue weighted by Gasteiger charge is -2.06.